The van der Waals surface area contributed by atoms with Crippen molar-refractivity contribution in [2.24, 2.45) is 16.6 Å². The van der Waals surface area contributed by atoms with Gasteiger partial charge in [0.25, 0.3) is 5.91 Å². The van der Waals surface area contributed by atoms with Crippen molar-refractivity contribution in [2.45, 2.75) is 56.8 Å². The monoisotopic (exact) mass is 613 g/mol. The van der Waals surface area contributed by atoms with Crippen LogP contribution in [0.2, 0.25) is 5.02 Å². The number of carboxylic acids is 1. The number of fused-ring (bicyclic) bond motifs is 1. The van der Waals surface area contributed by atoms with Crippen molar-refractivity contribution in [3.63, 3.8) is 0 Å². The van der Waals surface area contributed by atoms with Gasteiger partial charge in [0, 0.05) is 29.0 Å². The van der Waals surface area contributed by atoms with Crippen LogP contribution in [0, 0.1) is 5.92 Å². The summed E-state index contributed by atoms with van der Waals surface area (Å²) in [5.74, 6) is -3.18. The highest BCUT2D eigenvalue weighted by molar-refractivity contribution is 7.80. The summed E-state index contributed by atoms with van der Waals surface area (Å²) in [6.45, 7) is 1.02. The number of halogens is 1. The van der Waals surface area contributed by atoms with Gasteiger partial charge in [-0.15, -0.1) is 0 Å². The molecule has 3 amide bonds. The van der Waals surface area contributed by atoms with Gasteiger partial charge in [0.1, 0.15) is 12.1 Å². The number of amides is 3. The molecule has 2 aromatic rings. The Hall–Kier alpha value is -3.41. The Morgan fingerprint density at radius 1 is 1.19 bits per heavy atom. The average molecular weight is 614 g/mol. The van der Waals surface area contributed by atoms with Crippen molar-refractivity contribution in [2.75, 3.05) is 24.2 Å². The SMILES string of the molecule is CN(C(=O)C(N)CS)C1N=C(c2ccccc2)c2cc(Cl)ccc2N(CC(=O)N[C@@](C)(C(=O)O)C2CCCCC2)C1=O. The Bertz CT molecular complexity index is 1380. The summed E-state index contributed by atoms with van der Waals surface area (Å²) in [4.78, 5) is 60.4. The number of carboxylic acid groups (broad SMARTS) is 1. The van der Waals surface area contributed by atoms with Crippen LogP contribution in [-0.2, 0) is 19.2 Å². The normalized spacial score (nSPS) is 19.5. The van der Waals surface area contributed by atoms with E-state index in [-0.39, 0.29) is 11.7 Å². The molecule has 0 radical (unpaired) electrons. The number of aliphatic carboxylic acids is 1. The van der Waals surface area contributed by atoms with Crippen LogP contribution in [0.1, 0.15) is 50.2 Å². The van der Waals surface area contributed by atoms with E-state index in [1.165, 1.54) is 18.9 Å². The molecule has 12 heteroatoms. The van der Waals surface area contributed by atoms with Gasteiger partial charge in [-0.2, -0.15) is 12.6 Å². The van der Waals surface area contributed by atoms with Crippen molar-refractivity contribution in [1.29, 1.82) is 0 Å². The maximum absolute atomic E-state index is 14.2. The predicted octanol–water partition coefficient (Wildman–Crippen LogP) is 3.11. The minimum atomic E-state index is -1.51. The minimum Gasteiger partial charge on any atom is -0.480 e. The van der Waals surface area contributed by atoms with Crippen LogP contribution in [-0.4, -0.2) is 76.5 Å². The first-order valence-electron chi connectivity index (χ1n) is 13.9. The van der Waals surface area contributed by atoms with E-state index in [1.54, 1.807) is 18.2 Å². The molecule has 224 valence electrons. The third-order valence-corrected chi connectivity index (χ3v) is 8.71. The summed E-state index contributed by atoms with van der Waals surface area (Å²) >= 11 is 10.5. The Morgan fingerprint density at radius 3 is 2.48 bits per heavy atom. The zero-order chi connectivity index (χ0) is 30.6. The summed E-state index contributed by atoms with van der Waals surface area (Å²) in [6, 6.07) is 13.0. The molecule has 1 heterocycles. The van der Waals surface area contributed by atoms with Gasteiger partial charge in [0.15, 0.2) is 0 Å². The fraction of sp³-hybridized carbons (Fsp3) is 0.433. The van der Waals surface area contributed by atoms with Crippen molar-refractivity contribution < 1.29 is 24.3 Å². The summed E-state index contributed by atoms with van der Waals surface area (Å²) in [5, 5.41) is 13.2. The van der Waals surface area contributed by atoms with E-state index in [0.717, 1.165) is 24.2 Å². The van der Waals surface area contributed by atoms with Gasteiger partial charge in [-0.1, -0.05) is 61.2 Å². The van der Waals surface area contributed by atoms with Crippen LogP contribution in [0.15, 0.2) is 53.5 Å². The molecule has 42 heavy (non-hydrogen) atoms. The number of anilines is 1. The average Bonchev–Trinajstić information content (AvgIpc) is 3.10. The fourth-order valence-electron chi connectivity index (χ4n) is 5.62. The van der Waals surface area contributed by atoms with Gasteiger partial charge in [0.2, 0.25) is 18.0 Å². The highest BCUT2D eigenvalue weighted by Gasteiger charge is 2.44. The van der Waals surface area contributed by atoms with Crippen LogP contribution in [0.3, 0.4) is 0 Å². The summed E-state index contributed by atoms with van der Waals surface area (Å²) in [5.41, 5.74) is 6.34. The molecule has 10 nitrogen and oxygen atoms in total. The number of hydrogen-bond acceptors (Lipinski definition) is 7. The van der Waals surface area contributed by atoms with E-state index in [0.29, 0.717) is 40.4 Å². The molecule has 3 atom stereocenters. The molecule has 0 spiro atoms. The number of hydrogen-bond donors (Lipinski definition) is 4. The van der Waals surface area contributed by atoms with Gasteiger partial charge < -0.3 is 21.1 Å². The van der Waals surface area contributed by atoms with E-state index in [9.17, 15) is 24.3 Å². The van der Waals surface area contributed by atoms with E-state index in [1.807, 2.05) is 30.3 Å². The van der Waals surface area contributed by atoms with Crippen LogP contribution in [0.5, 0.6) is 0 Å². The highest BCUT2D eigenvalue weighted by atomic mass is 35.5. The fourth-order valence-corrected chi connectivity index (χ4v) is 5.95. The molecule has 1 aliphatic carbocycles. The van der Waals surface area contributed by atoms with Gasteiger partial charge in [-0.3, -0.25) is 19.3 Å². The molecule has 4 rings (SSSR count). The van der Waals surface area contributed by atoms with Crippen LogP contribution in [0.4, 0.5) is 5.69 Å². The number of nitrogens with one attached hydrogen (secondary N) is 1. The number of benzene rings is 2. The first kappa shape index (κ1) is 31.5. The Balaban J connectivity index is 1.78. The van der Waals surface area contributed by atoms with Crippen molar-refractivity contribution in [3.8, 4) is 0 Å². The Labute approximate surface area is 255 Å². The molecular formula is C30H36ClN5O5S. The molecule has 2 unspecified atom stereocenters. The number of aliphatic imine (C=N–C) groups is 1. The standard InChI is InChI=1S/C30H36ClN5O5S/c1-30(29(40)41,19-11-7-4-8-12-19)34-24(37)16-36-23-14-13-20(31)15-21(23)25(18-9-5-3-6-10-18)33-26(28(36)39)35(2)27(38)22(32)17-42/h3,5-6,9-10,13-15,19,22,26,42H,4,7-8,11-12,16-17,32H2,1-2H3,(H,34,37)(H,40,41)/t22?,26?,30-/m1/s1. The zero-order valence-corrected chi connectivity index (χ0v) is 25.3. The summed E-state index contributed by atoms with van der Waals surface area (Å²) < 4.78 is 0. The predicted molar refractivity (Wildman–Crippen MR) is 165 cm³/mol. The number of benzodiazepines with no additional fused rings is 1. The second-order valence-electron chi connectivity index (χ2n) is 10.9. The molecule has 2 aromatic carbocycles. The molecule has 1 saturated carbocycles. The second kappa shape index (κ2) is 13.3. The van der Waals surface area contributed by atoms with Crippen LogP contribution < -0.4 is 16.0 Å². The number of likely N-dealkylation sites (N-methyl/N-ethyl adjacent to an activating group) is 1. The lowest BCUT2D eigenvalue weighted by atomic mass is 9.75. The largest absolute Gasteiger partial charge is 0.480 e. The Kier molecular flexibility index (Phi) is 9.96. The van der Waals surface area contributed by atoms with Crippen molar-refractivity contribution in [3.05, 3.63) is 64.7 Å². The molecule has 1 fully saturated rings. The first-order chi connectivity index (χ1) is 20.0. The van der Waals surface area contributed by atoms with Gasteiger partial charge in [-0.25, -0.2) is 9.79 Å². The lowest BCUT2D eigenvalue weighted by molar-refractivity contribution is -0.150. The molecule has 1 aliphatic heterocycles. The summed E-state index contributed by atoms with van der Waals surface area (Å²) in [6.07, 6.45) is 2.79. The van der Waals surface area contributed by atoms with Crippen LogP contribution >= 0.6 is 24.2 Å². The first-order valence-corrected chi connectivity index (χ1v) is 14.9. The number of carbonyl (C=O) groups excluding carboxylic acids is 3. The summed E-state index contributed by atoms with van der Waals surface area (Å²) in [7, 11) is 1.42. The minimum absolute atomic E-state index is 0.0518. The highest BCUT2D eigenvalue weighted by Crippen LogP contribution is 2.34. The molecule has 4 N–H and O–H groups in total. The maximum atomic E-state index is 14.2. The van der Waals surface area contributed by atoms with E-state index < -0.39 is 48.0 Å². The van der Waals surface area contributed by atoms with Gasteiger partial charge in [-0.05, 0) is 43.9 Å². The molecule has 0 saturated heterocycles. The quantitative estimate of drug-likeness (QED) is 0.320. The lowest BCUT2D eigenvalue weighted by Crippen LogP contribution is -2.60. The number of thiol groups is 1. The van der Waals surface area contributed by atoms with E-state index in [4.69, 9.17) is 22.3 Å². The van der Waals surface area contributed by atoms with E-state index in [2.05, 4.69) is 17.9 Å². The van der Waals surface area contributed by atoms with Crippen molar-refractivity contribution in [1.82, 2.24) is 10.2 Å². The smallest absolute Gasteiger partial charge is 0.329 e. The number of rotatable bonds is 9. The molecule has 2 aliphatic rings. The van der Waals surface area contributed by atoms with Gasteiger partial charge >= 0.3 is 5.97 Å². The van der Waals surface area contributed by atoms with Crippen LogP contribution in [0.25, 0.3) is 0 Å². The van der Waals surface area contributed by atoms with E-state index >= 15 is 0 Å². The number of nitrogens with zero attached hydrogens (tertiary/aromatic N) is 3. The van der Waals surface area contributed by atoms with Crippen molar-refractivity contribution >= 4 is 59.3 Å². The molecule has 0 aromatic heterocycles. The molecule has 0 bridgehead atoms. The second-order valence-corrected chi connectivity index (χ2v) is 11.7. The third kappa shape index (κ3) is 6.48. The third-order valence-electron chi connectivity index (χ3n) is 8.09. The van der Waals surface area contributed by atoms with Gasteiger partial charge in [0.05, 0.1) is 17.4 Å². The number of nitrogens with two attached hydrogens (primary N) is 1. The lowest BCUT2D eigenvalue weighted by Gasteiger charge is -2.37. The molecular weight excluding hydrogens is 578 g/mol. The Morgan fingerprint density at radius 2 is 1.86 bits per heavy atom. The maximum Gasteiger partial charge on any atom is 0.329 e. The number of carbonyl (C=O) groups is 4. The zero-order valence-electron chi connectivity index (χ0n) is 23.6. The topological polar surface area (TPSA) is 145 Å².